The van der Waals surface area contributed by atoms with Gasteiger partial charge in [0.15, 0.2) is 0 Å². The van der Waals surface area contributed by atoms with Gasteiger partial charge in [-0.25, -0.2) is 0 Å². The van der Waals surface area contributed by atoms with E-state index in [4.69, 9.17) is 38.5 Å². The molecule has 0 saturated heterocycles. The molecule has 0 fully saturated rings. The third kappa shape index (κ3) is 15.6. The van der Waals surface area contributed by atoms with Crippen molar-refractivity contribution in [1.82, 2.24) is 0 Å². The Balaban J connectivity index is 0. The van der Waals surface area contributed by atoms with Crippen LogP contribution in [-0.2, 0) is 23.9 Å². The molecule has 0 aliphatic heterocycles. The number of carbonyl (C=O) groups excluding carboxylic acids is 3. The Morgan fingerprint density at radius 2 is 1.48 bits per heavy atom. The first-order valence-electron chi connectivity index (χ1n) is 8.77. The minimum atomic E-state index is -1.35. The van der Waals surface area contributed by atoms with Gasteiger partial charge in [0.05, 0.1) is 6.10 Å². The summed E-state index contributed by atoms with van der Waals surface area (Å²) >= 11 is 11.5. The number of hydrogen-bond acceptors (Lipinski definition) is 5. The van der Waals surface area contributed by atoms with E-state index in [0.717, 1.165) is 0 Å². The van der Waals surface area contributed by atoms with Crippen LogP contribution in [-0.4, -0.2) is 45.0 Å². The van der Waals surface area contributed by atoms with Crippen molar-refractivity contribution in [1.29, 1.82) is 0 Å². The highest BCUT2D eigenvalue weighted by molar-refractivity contribution is 6.35. The normalized spacial score (nSPS) is 12.4. The molecule has 7 nitrogen and oxygen atoms in total. The van der Waals surface area contributed by atoms with Crippen LogP contribution in [0.1, 0.15) is 33.1 Å². The van der Waals surface area contributed by atoms with Gasteiger partial charge in [0.25, 0.3) is 11.8 Å². The number of primary amides is 1. The van der Waals surface area contributed by atoms with Crippen LogP contribution in [0, 0.1) is 0 Å². The first kappa shape index (κ1) is 29.3. The van der Waals surface area contributed by atoms with Gasteiger partial charge in [-0.2, -0.15) is 0 Å². The van der Waals surface area contributed by atoms with Gasteiger partial charge in [-0.05, 0) is 51.3 Å². The number of rotatable bonds is 5. The maximum absolute atomic E-state index is 11.6. The molecular weight excluding hydrogens is 419 g/mol. The molecular formula is C20H30Cl2N2O5. The summed E-state index contributed by atoms with van der Waals surface area (Å²) in [4.78, 5) is 30.5. The summed E-state index contributed by atoms with van der Waals surface area (Å²) in [6.07, 6.45) is 7.53. The van der Waals surface area contributed by atoms with Crippen LogP contribution in [0.4, 0.5) is 5.69 Å². The minimum Gasteiger partial charge on any atom is -0.382 e. The van der Waals surface area contributed by atoms with E-state index in [-0.39, 0.29) is 0 Å². The van der Waals surface area contributed by atoms with Crippen molar-refractivity contribution in [3.63, 3.8) is 0 Å². The predicted octanol–water partition coefficient (Wildman–Crippen LogP) is 4.02. The molecule has 1 unspecified atom stereocenters. The van der Waals surface area contributed by atoms with Crippen molar-refractivity contribution in [2.75, 3.05) is 19.5 Å². The second-order valence-corrected chi connectivity index (χ2v) is 6.73. The van der Waals surface area contributed by atoms with Gasteiger partial charge in [-0.3, -0.25) is 9.59 Å². The fourth-order valence-electron chi connectivity index (χ4n) is 1.78. The highest BCUT2D eigenvalue weighted by Gasteiger charge is 2.23. The fourth-order valence-corrected chi connectivity index (χ4v) is 2.30. The Kier molecular flexibility index (Phi) is 18.3. The Morgan fingerprint density at radius 1 is 1.03 bits per heavy atom. The van der Waals surface area contributed by atoms with Gasteiger partial charge in [0.2, 0.25) is 6.10 Å². The van der Waals surface area contributed by atoms with E-state index in [2.05, 4.69) is 22.2 Å². The van der Waals surface area contributed by atoms with E-state index in [1.807, 2.05) is 20.6 Å². The number of anilines is 1. The number of allylic oxidation sites excluding steroid dienone is 2. The van der Waals surface area contributed by atoms with Crippen LogP contribution in [0.2, 0.25) is 10.0 Å². The largest absolute Gasteiger partial charge is 0.382 e. The Labute approximate surface area is 182 Å². The molecule has 0 bridgehead atoms. The van der Waals surface area contributed by atoms with Crippen LogP contribution in [0.25, 0.3) is 0 Å². The van der Waals surface area contributed by atoms with Crippen LogP contribution in [0.3, 0.4) is 0 Å². The Bertz CT molecular complexity index is 613. The summed E-state index contributed by atoms with van der Waals surface area (Å²) in [5.74, 6) is -1.56. The maximum Gasteiger partial charge on any atom is 0.263 e. The lowest BCUT2D eigenvalue weighted by Gasteiger charge is -2.12. The average molecular weight is 449 g/mol. The second kappa shape index (κ2) is 18.1. The predicted molar refractivity (Wildman–Crippen MR) is 117 cm³/mol. The number of methoxy groups -OCH3 is 2. The van der Waals surface area contributed by atoms with Crippen molar-refractivity contribution in [3.8, 4) is 0 Å². The zero-order valence-electron chi connectivity index (χ0n) is 17.2. The van der Waals surface area contributed by atoms with Gasteiger partial charge >= 0.3 is 0 Å². The van der Waals surface area contributed by atoms with Crippen molar-refractivity contribution in [3.05, 3.63) is 40.4 Å². The van der Waals surface area contributed by atoms with Crippen molar-refractivity contribution in [2.45, 2.75) is 45.3 Å². The second-order valence-electron chi connectivity index (χ2n) is 5.85. The maximum atomic E-state index is 11.6. The summed E-state index contributed by atoms with van der Waals surface area (Å²) in [6.45, 7) is 6.00. The lowest BCUT2D eigenvalue weighted by Crippen LogP contribution is -2.40. The molecule has 9 heteroatoms. The number of amides is 2. The molecule has 0 aromatic heterocycles. The van der Waals surface area contributed by atoms with Gasteiger partial charge in [0.1, 0.15) is 6.79 Å². The number of carbonyl (C=O) groups is 3. The molecule has 1 aliphatic carbocycles. The molecule has 2 rings (SSSR count). The quantitative estimate of drug-likeness (QED) is 0.522. The number of halogens is 2. The van der Waals surface area contributed by atoms with Gasteiger partial charge in [-0.15, -0.1) is 0 Å². The SMILES string of the molecule is C1=CCCC1.C=O.COC(C(N)=O)C(=O)Nc1cc(Cl)cc(Cl)c1.COC(C)C. The topological polar surface area (TPSA) is 108 Å². The highest BCUT2D eigenvalue weighted by Crippen LogP contribution is 2.22. The molecule has 1 aromatic rings. The first-order chi connectivity index (χ1) is 13.7. The van der Waals surface area contributed by atoms with Crippen LogP contribution < -0.4 is 11.1 Å². The molecule has 3 N–H and O–H groups in total. The number of nitrogens with one attached hydrogen (secondary N) is 1. The van der Waals surface area contributed by atoms with Gasteiger partial charge in [0, 0.05) is 30.0 Å². The van der Waals surface area contributed by atoms with E-state index in [1.54, 1.807) is 7.11 Å². The number of benzene rings is 1. The summed E-state index contributed by atoms with van der Waals surface area (Å²) < 4.78 is 9.40. The van der Waals surface area contributed by atoms with Crippen LogP contribution in [0.15, 0.2) is 30.4 Å². The Morgan fingerprint density at radius 3 is 1.76 bits per heavy atom. The highest BCUT2D eigenvalue weighted by atomic mass is 35.5. The Hall–Kier alpha value is -1.93. The molecule has 0 spiro atoms. The van der Waals surface area contributed by atoms with Crippen molar-refractivity contribution >= 4 is 47.5 Å². The van der Waals surface area contributed by atoms with Gasteiger partial charge < -0.3 is 25.3 Å². The molecule has 1 aliphatic rings. The average Bonchev–Trinajstić information content (AvgIpc) is 3.23. The zero-order chi connectivity index (χ0) is 22.8. The summed E-state index contributed by atoms with van der Waals surface area (Å²) in [5, 5.41) is 3.15. The lowest BCUT2D eigenvalue weighted by atomic mass is 10.2. The molecule has 0 radical (unpaired) electrons. The van der Waals surface area contributed by atoms with Crippen molar-refractivity contribution in [2.24, 2.45) is 5.73 Å². The molecule has 2 amide bonds. The smallest absolute Gasteiger partial charge is 0.263 e. The van der Waals surface area contributed by atoms with E-state index in [0.29, 0.717) is 21.8 Å². The standard InChI is InChI=1S/C10H10Cl2N2O3.C5H8.C4H10O.CH2O/c1-17-8(9(13)15)10(16)14-7-3-5(11)2-6(12)4-7;1-2-4-5-3-1;1-4(2)5-3;1-2/h2-4,8H,1H3,(H2,13,15)(H,14,16);1-2H,3-5H2;4H,1-3H3;1H2. The van der Waals surface area contributed by atoms with Crippen molar-refractivity contribution < 1.29 is 23.9 Å². The first-order valence-corrected chi connectivity index (χ1v) is 9.52. The summed E-state index contributed by atoms with van der Waals surface area (Å²) in [6, 6.07) is 4.48. The third-order valence-corrected chi connectivity index (χ3v) is 3.68. The number of hydrogen-bond donors (Lipinski definition) is 2. The third-order valence-electron chi connectivity index (χ3n) is 3.24. The number of nitrogens with two attached hydrogens (primary N) is 1. The molecule has 1 atom stereocenters. The van der Waals surface area contributed by atoms with E-state index < -0.39 is 17.9 Å². The van der Waals surface area contributed by atoms with E-state index >= 15 is 0 Å². The fraction of sp³-hybridized carbons (Fsp3) is 0.450. The monoisotopic (exact) mass is 448 g/mol. The molecule has 164 valence electrons. The lowest BCUT2D eigenvalue weighted by molar-refractivity contribution is -0.138. The summed E-state index contributed by atoms with van der Waals surface area (Å²) in [7, 11) is 2.91. The molecule has 29 heavy (non-hydrogen) atoms. The van der Waals surface area contributed by atoms with E-state index in [9.17, 15) is 9.59 Å². The number of ether oxygens (including phenoxy) is 2. The summed E-state index contributed by atoms with van der Waals surface area (Å²) in [5.41, 5.74) is 5.34. The van der Waals surface area contributed by atoms with Gasteiger partial charge in [-0.1, -0.05) is 35.4 Å². The van der Waals surface area contributed by atoms with E-state index in [1.165, 1.54) is 44.6 Å². The van der Waals surface area contributed by atoms with Crippen LogP contribution >= 0.6 is 23.2 Å². The molecule has 0 heterocycles. The minimum absolute atomic E-state index is 0.357. The molecule has 0 saturated carbocycles. The zero-order valence-corrected chi connectivity index (χ0v) is 18.8. The molecule has 1 aromatic carbocycles. The van der Waals surface area contributed by atoms with Crippen LogP contribution in [0.5, 0.6) is 0 Å².